The molecule has 78 valence electrons. The zero-order chi connectivity index (χ0) is 10.7. The number of Topliss-reactive ketones (excluding diaryl/α,β-unsaturated/α-hetero) is 1. The highest BCUT2D eigenvalue weighted by Gasteiger charge is 2.36. The molecule has 0 aromatic rings. The standard InChI is InChI=1S/C11H16O3/c1-4-8(10(12)7(2)3)9-5-6-14-11(9)13/h8-9H,2,4-6H2,1,3H3. The van der Waals surface area contributed by atoms with Gasteiger partial charge in [-0.2, -0.15) is 0 Å². The molecule has 0 bridgehead atoms. The van der Waals surface area contributed by atoms with E-state index in [1.54, 1.807) is 6.92 Å². The van der Waals surface area contributed by atoms with E-state index in [2.05, 4.69) is 6.58 Å². The van der Waals surface area contributed by atoms with E-state index in [9.17, 15) is 9.59 Å². The monoisotopic (exact) mass is 196 g/mol. The van der Waals surface area contributed by atoms with Crippen LogP contribution in [0.4, 0.5) is 0 Å². The molecule has 0 aromatic heterocycles. The number of cyclic esters (lactones) is 1. The summed E-state index contributed by atoms with van der Waals surface area (Å²) in [6, 6.07) is 0. The van der Waals surface area contributed by atoms with Gasteiger partial charge < -0.3 is 4.74 Å². The molecule has 2 unspecified atom stereocenters. The van der Waals surface area contributed by atoms with Gasteiger partial charge in [0.05, 0.1) is 12.5 Å². The number of hydrogen-bond donors (Lipinski definition) is 0. The maximum absolute atomic E-state index is 11.7. The molecule has 0 saturated carbocycles. The lowest BCUT2D eigenvalue weighted by Gasteiger charge is -2.17. The van der Waals surface area contributed by atoms with E-state index in [0.717, 1.165) is 0 Å². The Hall–Kier alpha value is -1.12. The number of ketones is 1. The summed E-state index contributed by atoms with van der Waals surface area (Å²) in [5.74, 6) is -0.713. The molecule has 0 aromatic carbocycles. The van der Waals surface area contributed by atoms with Crippen molar-refractivity contribution < 1.29 is 14.3 Å². The summed E-state index contributed by atoms with van der Waals surface area (Å²) in [5.41, 5.74) is 0.525. The Morgan fingerprint density at radius 2 is 2.36 bits per heavy atom. The van der Waals surface area contributed by atoms with Crippen LogP contribution >= 0.6 is 0 Å². The Bertz CT molecular complexity index is 268. The Morgan fingerprint density at radius 1 is 1.71 bits per heavy atom. The maximum atomic E-state index is 11.7. The fourth-order valence-electron chi connectivity index (χ4n) is 1.85. The lowest BCUT2D eigenvalue weighted by atomic mass is 9.83. The first-order valence-corrected chi connectivity index (χ1v) is 4.94. The third-order valence-corrected chi connectivity index (χ3v) is 2.66. The van der Waals surface area contributed by atoms with Crippen LogP contribution in [0.2, 0.25) is 0 Å². The minimum Gasteiger partial charge on any atom is -0.465 e. The zero-order valence-electron chi connectivity index (χ0n) is 8.71. The number of ether oxygens (including phenoxy) is 1. The van der Waals surface area contributed by atoms with Gasteiger partial charge in [-0.1, -0.05) is 13.5 Å². The first-order chi connectivity index (χ1) is 6.57. The number of rotatable bonds is 4. The molecule has 3 heteroatoms. The Morgan fingerprint density at radius 3 is 2.71 bits per heavy atom. The predicted octanol–water partition coefficient (Wildman–Crippen LogP) is 1.72. The molecular formula is C11H16O3. The second-order valence-electron chi connectivity index (χ2n) is 3.72. The summed E-state index contributed by atoms with van der Waals surface area (Å²) in [4.78, 5) is 23.0. The molecule has 0 amide bonds. The number of carbonyl (C=O) groups excluding carboxylic acids is 2. The third kappa shape index (κ3) is 2.03. The molecule has 14 heavy (non-hydrogen) atoms. The lowest BCUT2D eigenvalue weighted by Crippen LogP contribution is -2.27. The summed E-state index contributed by atoms with van der Waals surface area (Å²) >= 11 is 0. The SMILES string of the molecule is C=C(C)C(=O)C(CC)C1CCOC1=O. The summed E-state index contributed by atoms with van der Waals surface area (Å²) in [6.45, 7) is 7.67. The second kappa shape index (κ2) is 4.40. The fraction of sp³-hybridized carbons (Fsp3) is 0.636. The van der Waals surface area contributed by atoms with Crippen molar-refractivity contribution in [2.24, 2.45) is 11.8 Å². The highest BCUT2D eigenvalue weighted by molar-refractivity contribution is 5.98. The van der Waals surface area contributed by atoms with Gasteiger partial charge in [0.1, 0.15) is 0 Å². The number of esters is 1. The molecule has 1 heterocycles. The smallest absolute Gasteiger partial charge is 0.309 e. The first kappa shape index (κ1) is 11.0. The molecule has 0 spiro atoms. The first-order valence-electron chi connectivity index (χ1n) is 4.94. The van der Waals surface area contributed by atoms with Crippen LogP contribution in [-0.2, 0) is 14.3 Å². The topological polar surface area (TPSA) is 43.4 Å². The maximum Gasteiger partial charge on any atom is 0.309 e. The number of hydrogen-bond acceptors (Lipinski definition) is 3. The van der Waals surface area contributed by atoms with Crippen molar-refractivity contribution in [2.75, 3.05) is 6.61 Å². The van der Waals surface area contributed by atoms with Gasteiger partial charge in [-0.3, -0.25) is 9.59 Å². The highest BCUT2D eigenvalue weighted by atomic mass is 16.5. The van der Waals surface area contributed by atoms with E-state index in [1.165, 1.54) is 0 Å². The summed E-state index contributed by atoms with van der Waals surface area (Å²) in [7, 11) is 0. The molecule has 0 aliphatic carbocycles. The van der Waals surface area contributed by atoms with E-state index in [1.807, 2.05) is 6.92 Å². The number of carbonyl (C=O) groups is 2. The minimum atomic E-state index is -0.246. The van der Waals surface area contributed by atoms with Gasteiger partial charge in [-0.15, -0.1) is 0 Å². The molecule has 1 aliphatic rings. The highest BCUT2D eigenvalue weighted by Crippen LogP contribution is 2.28. The van der Waals surface area contributed by atoms with E-state index in [-0.39, 0.29) is 23.6 Å². The van der Waals surface area contributed by atoms with Gasteiger partial charge in [0.15, 0.2) is 5.78 Å². The van der Waals surface area contributed by atoms with Gasteiger partial charge in [0.25, 0.3) is 0 Å². The molecule has 1 aliphatic heterocycles. The molecule has 0 N–H and O–H groups in total. The van der Waals surface area contributed by atoms with Crippen LogP contribution in [0, 0.1) is 11.8 Å². The van der Waals surface area contributed by atoms with Crippen molar-refractivity contribution in [2.45, 2.75) is 26.7 Å². The molecule has 3 nitrogen and oxygen atoms in total. The van der Waals surface area contributed by atoms with Crippen LogP contribution in [0.15, 0.2) is 12.2 Å². The normalized spacial score (nSPS) is 23.0. The fourth-order valence-corrected chi connectivity index (χ4v) is 1.85. The molecule has 2 atom stereocenters. The zero-order valence-corrected chi connectivity index (χ0v) is 8.71. The predicted molar refractivity (Wildman–Crippen MR) is 52.7 cm³/mol. The third-order valence-electron chi connectivity index (χ3n) is 2.66. The van der Waals surface area contributed by atoms with E-state index in [0.29, 0.717) is 25.0 Å². The molecule has 1 fully saturated rings. The summed E-state index contributed by atoms with van der Waals surface area (Å²) in [6.07, 6.45) is 1.34. The van der Waals surface area contributed by atoms with E-state index >= 15 is 0 Å². The van der Waals surface area contributed by atoms with Crippen molar-refractivity contribution in [1.82, 2.24) is 0 Å². The van der Waals surface area contributed by atoms with Crippen molar-refractivity contribution in [1.29, 1.82) is 0 Å². The van der Waals surface area contributed by atoms with Crippen LogP contribution in [0.1, 0.15) is 26.7 Å². The van der Waals surface area contributed by atoms with Crippen LogP contribution < -0.4 is 0 Å². The lowest BCUT2D eigenvalue weighted by molar-refractivity contribution is -0.144. The largest absolute Gasteiger partial charge is 0.465 e. The summed E-state index contributed by atoms with van der Waals surface area (Å²) < 4.78 is 4.86. The van der Waals surface area contributed by atoms with Crippen molar-refractivity contribution >= 4 is 11.8 Å². The molecule has 1 rings (SSSR count). The minimum absolute atomic E-state index is 0.00338. The van der Waals surface area contributed by atoms with Gasteiger partial charge in [-0.05, 0) is 25.3 Å². The number of allylic oxidation sites excluding steroid dienone is 1. The van der Waals surface area contributed by atoms with Crippen LogP contribution in [0.3, 0.4) is 0 Å². The van der Waals surface area contributed by atoms with Gasteiger partial charge in [-0.25, -0.2) is 0 Å². The second-order valence-corrected chi connectivity index (χ2v) is 3.72. The van der Waals surface area contributed by atoms with E-state index < -0.39 is 0 Å². The summed E-state index contributed by atoms with van der Waals surface area (Å²) in [5, 5.41) is 0. The molecule has 1 saturated heterocycles. The average molecular weight is 196 g/mol. The Kier molecular flexibility index (Phi) is 3.44. The average Bonchev–Trinajstić information content (AvgIpc) is 2.53. The van der Waals surface area contributed by atoms with Crippen molar-refractivity contribution in [3.63, 3.8) is 0 Å². The van der Waals surface area contributed by atoms with Gasteiger partial charge in [0, 0.05) is 5.92 Å². The van der Waals surface area contributed by atoms with Crippen LogP contribution in [-0.4, -0.2) is 18.4 Å². The van der Waals surface area contributed by atoms with Crippen molar-refractivity contribution in [3.8, 4) is 0 Å². The molecule has 0 radical (unpaired) electrons. The van der Waals surface area contributed by atoms with Gasteiger partial charge >= 0.3 is 5.97 Å². The van der Waals surface area contributed by atoms with Gasteiger partial charge in [0.2, 0.25) is 0 Å². The van der Waals surface area contributed by atoms with Crippen LogP contribution in [0.25, 0.3) is 0 Å². The Balaban J connectivity index is 2.75. The van der Waals surface area contributed by atoms with Crippen LogP contribution in [0.5, 0.6) is 0 Å². The quantitative estimate of drug-likeness (QED) is 0.508. The van der Waals surface area contributed by atoms with E-state index in [4.69, 9.17) is 4.74 Å². The Labute approximate surface area is 84.1 Å². The molecular weight excluding hydrogens is 180 g/mol. The van der Waals surface area contributed by atoms with Crippen molar-refractivity contribution in [3.05, 3.63) is 12.2 Å².